The highest BCUT2D eigenvalue weighted by Crippen LogP contribution is 2.16. The fourth-order valence-electron chi connectivity index (χ4n) is 1.95. The first-order valence-electron chi connectivity index (χ1n) is 6.44. The van der Waals surface area contributed by atoms with Crippen LogP contribution >= 0.6 is 0 Å². The van der Waals surface area contributed by atoms with E-state index in [9.17, 15) is 0 Å². The number of hydrogen-bond acceptors (Lipinski definition) is 2. The zero-order chi connectivity index (χ0) is 12.8. The van der Waals surface area contributed by atoms with Gasteiger partial charge in [-0.25, -0.2) is 0 Å². The zero-order valence-corrected chi connectivity index (χ0v) is 11.0. The highest BCUT2D eigenvalue weighted by Gasteiger charge is 1.99. The lowest BCUT2D eigenvalue weighted by Gasteiger charge is -2.10. The van der Waals surface area contributed by atoms with Gasteiger partial charge in [0.25, 0.3) is 0 Å². The summed E-state index contributed by atoms with van der Waals surface area (Å²) >= 11 is 0. The summed E-state index contributed by atoms with van der Waals surface area (Å²) in [6.45, 7) is 6.70. The molecule has 1 aromatic carbocycles. The molecule has 0 saturated heterocycles. The molecule has 0 spiro atoms. The van der Waals surface area contributed by atoms with Gasteiger partial charge in [-0.3, -0.25) is 0 Å². The minimum absolute atomic E-state index is 0.705. The summed E-state index contributed by atoms with van der Waals surface area (Å²) < 4.78 is 7.65. The van der Waals surface area contributed by atoms with Crippen molar-refractivity contribution in [3.63, 3.8) is 0 Å². The van der Waals surface area contributed by atoms with Crippen LogP contribution in [0.2, 0.25) is 0 Å². The molecule has 0 aliphatic rings. The maximum Gasteiger partial charge on any atom is 0.119 e. The van der Waals surface area contributed by atoms with E-state index in [1.165, 1.54) is 5.69 Å². The molecule has 1 aromatic heterocycles. The number of benzene rings is 1. The van der Waals surface area contributed by atoms with Crippen LogP contribution in [0.15, 0.2) is 42.6 Å². The van der Waals surface area contributed by atoms with Crippen molar-refractivity contribution in [2.75, 3.05) is 11.9 Å². The SMILES string of the molecule is CCOc1ccc(NCc2cccn2CC)cc1. The molecule has 2 rings (SSSR count). The van der Waals surface area contributed by atoms with Gasteiger partial charge in [-0.05, 0) is 50.2 Å². The lowest BCUT2D eigenvalue weighted by atomic mass is 10.3. The second-order valence-corrected chi connectivity index (χ2v) is 4.10. The predicted molar refractivity (Wildman–Crippen MR) is 75.0 cm³/mol. The van der Waals surface area contributed by atoms with Crippen LogP contribution in [0.5, 0.6) is 5.75 Å². The molecule has 1 N–H and O–H groups in total. The fourth-order valence-corrected chi connectivity index (χ4v) is 1.95. The summed E-state index contributed by atoms with van der Waals surface area (Å²) in [4.78, 5) is 0. The van der Waals surface area contributed by atoms with Crippen molar-refractivity contribution >= 4 is 5.69 Å². The van der Waals surface area contributed by atoms with Gasteiger partial charge in [-0.15, -0.1) is 0 Å². The summed E-state index contributed by atoms with van der Waals surface area (Å²) in [6.07, 6.45) is 2.11. The van der Waals surface area contributed by atoms with Gasteiger partial charge in [-0.1, -0.05) is 0 Å². The molecule has 0 saturated carbocycles. The molecule has 0 atom stereocenters. The van der Waals surface area contributed by atoms with Gasteiger partial charge in [0.05, 0.1) is 13.2 Å². The Balaban J connectivity index is 1.94. The molecule has 0 aliphatic carbocycles. The maximum atomic E-state index is 5.42. The van der Waals surface area contributed by atoms with Crippen LogP contribution in [0, 0.1) is 0 Å². The van der Waals surface area contributed by atoms with E-state index in [2.05, 4.69) is 35.1 Å². The molecule has 18 heavy (non-hydrogen) atoms. The summed E-state index contributed by atoms with van der Waals surface area (Å²) in [5, 5.41) is 3.41. The third-order valence-corrected chi connectivity index (χ3v) is 2.90. The first-order chi connectivity index (χ1) is 8.83. The molecule has 3 heteroatoms. The fraction of sp³-hybridized carbons (Fsp3) is 0.333. The van der Waals surface area contributed by atoms with Crippen molar-refractivity contribution in [3.8, 4) is 5.75 Å². The van der Waals surface area contributed by atoms with Crippen molar-refractivity contribution in [3.05, 3.63) is 48.3 Å². The number of nitrogens with zero attached hydrogens (tertiary/aromatic N) is 1. The quantitative estimate of drug-likeness (QED) is 0.841. The number of aryl methyl sites for hydroxylation is 1. The molecule has 0 aliphatic heterocycles. The van der Waals surface area contributed by atoms with Gasteiger partial charge in [0.2, 0.25) is 0 Å². The number of nitrogens with one attached hydrogen (secondary N) is 1. The molecule has 0 unspecified atom stereocenters. The highest BCUT2D eigenvalue weighted by atomic mass is 16.5. The Morgan fingerprint density at radius 2 is 1.89 bits per heavy atom. The average Bonchev–Trinajstić information content (AvgIpc) is 2.86. The Kier molecular flexibility index (Phi) is 4.29. The van der Waals surface area contributed by atoms with Crippen LogP contribution in [0.4, 0.5) is 5.69 Å². The third-order valence-electron chi connectivity index (χ3n) is 2.90. The van der Waals surface area contributed by atoms with Gasteiger partial charge in [0.1, 0.15) is 5.75 Å². The smallest absolute Gasteiger partial charge is 0.119 e. The van der Waals surface area contributed by atoms with Crippen LogP contribution in [0.3, 0.4) is 0 Å². The lowest BCUT2D eigenvalue weighted by molar-refractivity contribution is 0.340. The largest absolute Gasteiger partial charge is 0.494 e. The van der Waals surface area contributed by atoms with E-state index < -0.39 is 0 Å². The monoisotopic (exact) mass is 244 g/mol. The Bertz CT molecular complexity index is 473. The summed E-state index contributed by atoms with van der Waals surface area (Å²) in [7, 11) is 0. The van der Waals surface area contributed by atoms with Crippen LogP contribution < -0.4 is 10.1 Å². The number of aromatic nitrogens is 1. The van der Waals surface area contributed by atoms with Crippen molar-refractivity contribution in [1.29, 1.82) is 0 Å². The average molecular weight is 244 g/mol. The van der Waals surface area contributed by atoms with E-state index in [4.69, 9.17) is 4.74 Å². The van der Waals surface area contributed by atoms with Crippen LogP contribution in [-0.4, -0.2) is 11.2 Å². The van der Waals surface area contributed by atoms with E-state index >= 15 is 0 Å². The number of rotatable bonds is 6. The van der Waals surface area contributed by atoms with Crippen LogP contribution in [0.1, 0.15) is 19.5 Å². The molecular formula is C15H20N2O. The van der Waals surface area contributed by atoms with Gasteiger partial charge < -0.3 is 14.6 Å². The van der Waals surface area contributed by atoms with Crippen molar-refractivity contribution < 1.29 is 4.74 Å². The van der Waals surface area contributed by atoms with Crippen molar-refractivity contribution in [2.24, 2.45) is 0 Å². The second-order valence-electron chi connectivity index (χ2n) is 4.10. The van der Waals surface area contributed by atoms with E-state index in [1.807, 2.05) is 31.2 Å². The van der Waals surface area contributed by atoms with Gasteiger partial charge in [-0.2, -0.15) is 0 Å². The Morgan fingerprint density at radius 3 is 2.56 bits per heavy atom. The Labute approximate surface area is 108 Å². The third kappa shape index (κ3) is 3.06. The van der Waals surface area contributed by atoms with E-state index in [1.54, 1.807) is 0 Å². The van der Waals surface area contributed by atoms with Crippen LogP contribution in [-0.2, 0) is 13.1 Å². The molecule has 96 valence electrons. The topological polar surface area (TPSA) is 26.2 Å². The number of anilines is 1. The summed E-state index contributed by atoms with van der Waals surface area (Å²) in [5.41, 5.74) is 2.41. The first-order valence-corrected chi connectivity index (χ1v) is 6.44. The van der Waals surface area contributed by atoms with Gasteiger partial charge in [0.15, 0.2) is 0 Å². The van der Waals surface area contributed by atoms with E-state index in [0.717, 1.165) is 24.5 Å². The number of ether oxygens (including phenoxy) is 1. The molecule has 3 nitrogen and oxygen atoms in total. The van der Waals surface area contributed by atoms with Gasteiger partial charge in [0, 0.05) is 24.1 Å². The van der Waals surface area contributed by atoms with E-state index in [-0.39, 0.29) is 0 Å². The molecule has 2 aromatic rings. The van der Waals surface area contributed by atoms with E-state index in [0.29, 0.717) is 6.61 Å². The molecule has 0 fully saturated rings. The minimum Gasteiger partial charge on any atom is -0.494 e. The molecule has 0 amide bonds. The summed E-state index contributed by atoms with van der Waals surface area (Å²) in [6, 6.07) is 12.3. The standard InChI is InChI=1S/C15H20N2O/c1-3-17-11-5-6-14(17)12-16-13-7-9-15(10-8-13)18-4-2/h5-11,16H,3-4,12H2,1-2H3. The van der Waals surface area contributed by atoms with Crippen molar-refractivity contribution in [1.82, 2.24) is 4.57 Å². The second kappa shape index (κ2) is 6.15. The highest BCUT2D eigenvalue weighted by molar-refractivity contribution is 5.46. The predicted octanol–water partition coefficient (Wildman–Crippen LogP) is 3.52. The maximum absolute atomic E-state index is 5.42. The first kappa shape index (κ1) is 12.6. The molecule has 0 bridgehead atoms. The normalized spacial score (nSPS) is 10.3. The van der Waals surface area contributed by atoms with Gasteiger partial charge >= 0.3 is 0 Å². The lowest BCUT2D eigenvalue weighted by Crippen LogP contribution is -2.05. The summed E-state index contributed by atoms with van der Waals surface area (Å²) in [5.74, 6) is 0.917. The Hall–Kier alpha value is -1.90. The zero-order valence-electron chi connectivity index (χ0n) is 11.0. The molecule has 1 heterocycles. The number of hydrogen-bond donors (Lipinski definition) is 1. The molecular weight excluding hydrogens is 224 g/mol. The molecule has 0 radical (unpaired) electrons. The van der Waals surface area contributed by atoms with Crippen molar-refractivity contribution in [2.45, 2.75) is 26.9 Å². The minimum atomic E-state index is 0.705. The van der Waals surface area contributed by atoms with Crippen LogP contribution in [0.25, 0.3) is 0 Å². The Morgan fingerprint density at radius 1 is 1.11 bits per heavy atom.